The summed E-state index contributed by atoms with van der Waals surface area (Å²) in [5, 5.41) is 8.25. The minimum atomic E-state index is -1.86. The first-order chi connectivity index (χ1) is 19.3. The van der Waals surface area contributed by atoms with Crippen LogP contribution in [0.3, 0.4) is 0 Å². The van der Waals surface area contributed by atoms with Crippen molar-refractivity contribution >= 4 is 27.5 Å². The zero-order valence-electron chi connectivity index (χ0n) is 24.2. The van der Waals surface area contributed by atoms with E-state index in [1.54, 1.807) is 29.9 Å². The van der Waals surface area contributed by atoms with Crippen molar-refractivity contribution < 1.29 is 5.11 Å². The third-order valence-corrected chi connectivity index (χ3v) is 15.6. The Morgan fingerprint density at radius 3 is 0.846 bits per heavy atom. The van der Waals surface area contributed by atoms with E-state index < -0.39 is 14.3 Å². The van der Waals surface area contributed by atoms with Crippen molar-refractivity contribution in [3.05, 3.63) is 89.5 Å². The predicted octanol–water partition coefficient (Wildman–Crippen LogP) is 7.32. The van der Waals surface area contributed by atoms with Crippen molar-refractivity contribution in [2.45, 2.75) is 114 Å². The van der Waals surface area contributed by atoms with E-state index in [4.69, 9.17) is 5.11 Å². The Morgan fingerprint density at radius 2 is 0.615 bits per heavy atom. The fourth-order valence-electron chi connectivity index (χ4n) is 7.57. The maximum absolute atomic E-state index is 8.25. The summed E-state index contributed by atoms with van der Waals surface area (Å²) in [4.78, 5) is 0. The molecule has 3 fully saturated rings. The van der Waals surface area contributed by atoms with Gasteiger partial charge in [0.2, 0.25) is 0 Å². The van der Waals surface area contributed by atoms with Gasteiger partial charge in [-0.1, -0.05) is 0 Å². The normalized spacial score (nSPS) is 19.2. The van der Waals surface area contributed by atoms with E-state index >= 15 is 0 Å². The Balaban J connectivity index is 0.00000151. The molecule has 0 heterocycles. The molecule has 0 bridgehead atoms. The number of benzene rings is 3. The van der Waals surface area contributed by atoms with E-state index in [1.807, 2.05) is 0 Å². The van der Waals surface area contributed by atoms with E-state index in [0.717, 1.165) is 24.9 Å². The summed E-state index contributed by atoms with van der Waals surface area (Å²) in [7, 11) is 0.750. The monoisotopic (exact) mass is 582 g/mol. The molecule has 0 saturated heterocycles. The van der Waals surface area contributed by atoms with E-state index in [-0.39, 0.29) is 0 Å². The topological polar surface area (TPSA) is 23.1 Å². The van der Waals surface area contributed by atoms with Crippen LogP contribution in [0.15, 0.2) is 72.8 Å². The molecule has 206 valence electrons. The summed E-state index contributed by atoms with van der Waals surface area (Å²) in [5.74, 6) is 2.36. The molecule has 0 radical (unpaired) electrons. The summed E-state index contributed by atoms with van der Waals surface area (Å²) < 4.78 is 4.82. The summed E-state index contributed by atoms with van der Waals surface area (Å²) in [6.45, 7) is 0. The molecule has 3 aromatic rings. The number of hydrogen-bond acceptors (Lipinski definition) is 1. The van der Waals surface area contributed by atoms with Crippen LogP contribution >= 0.6 is 0 Å². The molecule has 0 spiro atoms. The number of rotatable bonds is 6. The third kappa shape index (κ3) is 7.28. The second-order valence-electron chi connectivity index (χ2n) is 12.2. The van der Waals surface area contributed by atoms with Crippen LogP contribution in [-0.4, -0.2) is 21.5 Å². The van der Waals surface area contributed by atoms with Gasteiger partial charge in [-0.2, -0.15) is 7.11 Å². The van der Waals surface area contributed by atoms with Gasteiger partial charge in [0.05, 0.1) is 0 Å². The van der Waals surface area contributed by atoms with Gasteiger partial charge in [0.25, 0.3) is 0 Å². The molecule has 3 saturated carbocycles. The Morgan fingerprint density at radius 1 is 0.385 bits per heavy atom. The first-order valence-electron chi connectivity index (χ1n) is 15.9. The fourth-order valence-corrected chi connectivity index (χ4v) is 12.8. The van der Waals surface area contributed by atoms with Crippen LogP contribution in [-0.2, 0) is 0 Å². The molecule has 0 unspecified atom stereocenters. The maximum atomic E-state index is 8.25. The van der Waals surface area contributed by atoms with Crippen molar-refractivity contribution in [1.29, 1.82) is 0 Å². The van der Waals surface area contributed by atoms with Gasteiger partial charge in [0.1, 0.15) is 0 Å². The summed E-state index contributed by atoms with van der Waals surface area (Å²) in [5.41, 5.74) is 4.75. The second-order valence-corrected chi connectivity index (χ2v) is 17.5. The molecule has 0 N–H and O–H groups in total. The van der Waals surface area contributed by atoms with Gasteiger partial charge in [-0.05, 0) is 0 Å². The van der Waals surface area contributed by atoms with Gasteiger partial charge < -0.3 is 5.11 Å². The average molecular weight is 581 g/mol. The van der Waals surface area contributed by atoms with Crippen molar-refractivity contribution in [2.75, 3.05) is 7.11 Å². The van der Waals surface area contributed by atoms with Crippen LogP contribution in [0.4, 0.5) is 0 Å². The quantitative estimate of drug-likeness (QED) is 0.280. The summed E-state index contributed by atoms with van der Waals surface area (Å²) in [6.07, 6.45) is 21.0. The van der Waals surface area contributed by atoms with Crippen LogP contribution in [0.1, 0.15) is 131 Å². The predicted molar refractivity (Wildman–Crippen MR) is 167 cm³/mol. The van der Waals surface area contributed by atoms with Crippen LogP contribution in [0.2, 0.25) is 0 Å². The van der Waals surface area contributed by atoms with Crippen LogP contribution in [0.5, 0.6) is 0 Å². The molecule has 0 atom stereocenters. The first-order valence-corrected chi connectivity index (χ1v) is 19.1. The van der Waals surface area contributed by atoms with Crippen LogP contribution < -0.4 is 18.3 Å². The van der Waals surface area contributed by atoms with E-state index in [0.29, 0.717) is 0 Å². The Hall–Kier alpha value is -1.84. The van der Waals surface area contributed by atoms with Crippen LogP contribution in [0, 0.1) is 0 Å². The van der Waals surface area contributed by atoms with E-state index in [9.17, 15) is 0 Å². The molecular weight excluding hydrogens is 533 g/mol. The summed E-state index contributed by atoms with van der Waals surface area (Å²) in [6, 6.07) is 30.1. The molecule has 6 rings (SSSR count). The Kier molecular flexibility index (Phi) is 10.8. The third-order valence-electron chi connectivity index (χ3n) is 9.83. The van der Waals surface area contributed by atoms with Gasteiger partial charge >= 0.3 is 231 Å². The van der Waals surface area contributed by atoms with Crippen molar-refractivity contribution in [3.8, 4) is 0 Å². The Labute approximate surface area is 242 Å². The summed E-state index contributed by atoms with van der Waals surface area (Å²) >= 11 is -1.86. The standard InChI is InChI=1S/C36H45Ge.CH3O/c1-4-10-28(11-5-1)31-16-22-34(23-17-31)37(35-24-18-32(19-25-35)29-12-6-2-7-13-29)36-26-20-33(21-27-36)30-14-8-3-9-15-30;1-2/h16-30H,1-15H2;1H3/q+1;-1. The second kappa shape index (κ2) is 14.7. The zero-order chi connectivity index (χ0) is 26.9. The van der Waals surface area contributed by atoms with Gasteiger partial charge in [-0.25, -0.2) is 0 Å². The number of hydrogen-bond donors (Lipinski definition) is 0. The molecule has 3 aliphatic carbocycles. The molecule has 2 heteroatoms. The molecule has 1 nitrogen and oxygen atoms in total. The van der Waals surface area contributed by atoms with Gasteiger partial charge in [-0.3, -0.25) is 0 Å². The first kappa shape index (κ1) is 28.7. The average Bonchev–Trinajstić information content (AvgIpc) is 3.04. The van der Waals surface area contributed by atoms with Gasteiger partial charge in [0.15, 0.2) is 0 Å². The zero-order valence-corrected chi connectivity index (χ0v) is 26.3. The molecule has 3 aromatic carbocycles. The molecular formula is C37H48GeO. The van der Waals surface area contributed by atoms with E-state index in [2.05, 4.69) is 72.8 Å². The molecule has 0 amide bonds. The van der Waals surface area contributed by atoms with Crippen molar-refractivity contribution in [1.82, 2.24) is 0 Å². The van der Waals surface area contributed by atoms with Crippen molar-refractivity contribution in [2.24, 2.45) is 0 Å². The fraction of sp³-hybridized carbons (Fsp3) is 0.514. The molecule has 39 heavy (non-hydrogen) atoms. The molecule has 0 aromatic heterocycles. The van der Waals surface area contributed by atoms with Gasteiger partial charge in [0, 0.05) is 0 Å². The van der Waals surface area contributed by atoms with Gasteiger partial charge in [-0.15, -0.1) is 0 Å². The van der Waals surface area contributed by atoms with Crippen molar-refractivity contribution in [3.63, 3.8) is 0 Å². The molecule has 3 aliphatic rings. The molecule has 0 aliphatic heterocycles. The minimum absolute atomic E-state index is 0.750. The SMILES string of the molecule is C[O-].c1c[c]([Ge+]([c]2ccc(C3CCCCC3)cc2)[c]2ccc(C3CCCCC3)cc2)ccc1C1CCCCC1. The Bertz CT molecular complexity index is 953. The van der Waals surface area contributed by atoms with E-state index in [1.165, 1.54) is 96.3 Å². The van der Waals surface area contributed by atoms with Crippen LogP contribution in [0.25, 0.3) is 0 Å².